The van der Waals surface area contributed by atoms with Crippen LogP contribution in [0.25, 0.3) is 10.9 Å². The van der Waals surface area contributed by atoms with Gasteiger partial charge in [0.05, 0.1) is 31.0 Å². The van der Waals surface area contributed by atoms with Crippen LogP contribution < -0.4 is 14.8 Å². The highest BCUT2D eigenvalue weighted by Gasteiger charge is 2.48. The molecule has 0 saturated heterocycles. The van der Waals surface area contributed by atoms with Gasteiger partial charge in [0.1, 0.15) is 29.5 Å². The Bertz CT molecular complexity index is 1150. The highest BCUT2D eigenvalue weighted by Crippen LogP contribution is 2.38. The van der Waals surface area contributed by atoms with Crippen LogP contribution in [0.5, 0.6) is 11.5 Å². The third-order valence-electron chi connectivity index (χ3n) is 5.30. The molecule has 3 rings (SSSR count). The van der Waals surface area contributed by atoms with Crippen molar-refractivity contribution in [2.45, 2.75) is 45.3 Å². The number of benzene rings is 1. The first kappa shape index (κ1) is 25.5. The molecule has 184 valence electrons. The Balaban J connectivity index is 1.98. The quantitative estimate of drug-likeness (QED) is 0.416. The molecule has 0 radical (unpaired) electrons. The molecule has 10 heteroatoms. The van der Waals surface area contributed by atoms with E-state index in [9.17, 15) is 13.9 Å². The molecule has 2 N–H and O–H groups in total. The van der Waals surface area contributed by atoms with Crippen LogP contribution >= 0.6 is 0 Å². The van der Waals surface area contributed by atoms with Crippen molar-refractivity contribution in [1.82, 2.24) is 15.0 Å². The molecule has 0 bridgehead atoms. The van der Waals surface area contributed by atoms with Crippen LogP contribution in [-0.2, 0) is 10.7 Å². The number of aromatic nitrogens is 3. The summed E-state index contributed by atoms with van der Waals surface area (Å²) < 4.78 is 45.6. The summed E-state index contributed by atoms with van der Waals surface area (Å²) >= 11 is 0. The van der Waals surface area contributed by atoms with Gasteiger partial charge in [0.2, 0.25) is 0 Å². The van der Waals surface area contributed by atoms with E-state index in [4.69, 9.17) is 14.2 Å². The third kappa shape index (κ3) is 5.34. The maximum atomic E-state index is 14.6. The summed E-state index contributed by atoms with van der Waals surface area (Å²) in [6.45, 7) is 6.39. The summed E-state index contributed by atoms with van der Waals surface area (Å²) in [5.41, 5.74) is -1.76. The number of hydrogen-bond donors (Lipinski definition) is 2. The van der Waals surface area contributed by atoms with E-state index in [2.05, 4.69) is 20.3 Å². The lowest BCUT2D eigenvalue weighted by Gasteiger charge is -2.29. The minimum Gasteiger partial charge on any atom is -0.493 e. The van der Waals surface area contributed by atoms with Crippen molar-refractivity contribution in [3.63, 3.8) is 0 Å². The van der Waals surface area contributed by atoms with E-state index in [1.807, 2.05) is 0 Å². The molecule has 34 heavy (non-hydrogen) atoms. The van der Waals surface area contributed by atoms with Crippen molar-refractivity contribution >= 4 is 16.7 Å². The number of methoxy groups -OCH3 is 2. The fourth-order valence-corrected chi connectivity index (χ4v) is 3.33. The summed E-state index contributed by atoms with van der Waals surface area (Å²) in [6.07, 6.45) is 0. The molecule has 0 aliphatic heterocycles. The topological polar surface area (TPSA) is 98.6 Å². The first-order valence-electron chi connectivity index (χ1n) is 10.8. The average Bonchev–Trinajstić information content (AvgIpc) is 2.78. The van der Waals surface area contributed by atoms with E-state index in [-0.39, 0.29) is 0 Å². The first-order chi connectivity index (χ1) is 16.0. The molecule has 2 heterocycles. The number of nitrogens with zero attached hydrogens (tertiary/aromatic N) is 3. The zero-order valence-electron chi connectivity index (χ0n) is 20.1. The standard InChI is InChI=1S/C24H30F2N4O4/c1-14(17-8-7-9-21(30-17)24(25,26)23(3,4)31)27-22-16-12-20(34-11-10-32-5)19(33-6)13-18(16)28-15(2)29-22/h7-9,12-14,31H,10-11H2,1-6H3,(H,27,28,29)/t14-/m1/s1. The van der Waals surface area contributed by atoms with Gasteiger partial charge in [0, 0.05) is 18.6 Å². The summed E-state index contributed by atoms with van der Waals surface area (Å²) in [4.78, 5) is 13.1. The number of anilines is 1. The van der Waals surface area contributed by atoms with Crippen LogP contribution in [0.4, 0.5) is 14.6 Å². The van der Waals surface area contributed by atoms with Gasteiger partial charge >= 0.3 is 5.92 Å². The van der Waals surface area contributed by atoms with Crippen molar-refractivity contribution < 1.29 is 28.1 Å². The molecular formula is C24H30F2N4O4. The Kier molecular flexibility index (Phi) is 7.52. The number of alkyl halides is 2. The maximum Gasteiger partial charge on any atom is 0.317 e. The molecule has 1 aromatic carbocycles. The van der Waals surface area contributed by atoms with Gasteiger partial charge in [-0.1, -0.05) is 6.07 Å². The second kappa shape index (κ2) is 10.0. The summed E-state index contributed by atoms with van der Waals surface area (Å²) in [5.74, 6) is -1.49. The molecule has 1 atom stereocenters. The first-order valence-corrected chi connectivity index (χ1v) is 10.8. The van der Waals surface area contributed by atoms with Crippen LogP contribution in [-0.4, -0.2) is 53.1 Å². The maximum absolute atomic E-state index is 14.6. The molecule has 0 unspecified atom stereocenters. The van der Waals surface area contributed by atoms with Crippen molar-refractivity contribution in [2.24, 2.45) is 0 Å². The van der Waals surface area contributed by atoms with E-state index in [0.29, 0.717) is 53.0 Å². The van der Waals surface area contributed by atoms with Crippen LogP contribution in [0.1, 0.15) is 44.0 Å². The van der Waals surface area contributed by atoms with Gasteiger partial charge in [-0.2, -0.15) is 8.78 Å². The molecule has 0 spiro atoms. The Morgan fingerprint density at radius 1 is 1.06 bits per heavy atom. The van der Waals surface area contributed by atoms with E-state index < -0.39 is 23.3 Å². The van der Waals surface area contributed by atoms with Crippen molar-refractivity contribution in [1.29, 1.82) is 0 Å². The monoisotopic (exact) mass is 476 g/mol. The second-order valence-electron chi connectivity index (χ2n) is 8.43. The molecule has 8 nitrogen and oxygen atoms in total. The van der Waals surface area contributed by atoms with Crippen LogP contribution in [0.2, 0.25) is 0 Å². The molecule has 0 saturated carbocycles. The van der Waals surface area contributed by atoms with Gasteiger partial charge in [0.25, 0.3) is 0 Å². The summed E-state index contributed by atoms with van der Waals surface area (Å²) in [7, 11) is 3.13. The van der Waals surface area contributed by atoms with Crippen molar-refractivity contribution in [3.05, 3.63) is 47.5 Å². The Hall–Kier alpha value is -3.11. The Morgan fingerprint density at radius 3 is 2.44 bits per heavy atom. The van der Waals surface area contributed by atoms with Crippen LogP contribution in [0.3, 0.4) is 0 Å². The molecule has 2 aromatic heterocycles. The van der Waals surface area contributed by atoms with Gasteiger partial charge in [-0.3, -0.25) is 0 Å². The SMILES string of the molecule is COCCOc1cc2c(N[C@H](C)c3cccc(C(F)(F)C(C)(C)O)n3)nc(C)nc2cc1OC. The average molecular weight is 477 g/mol. The number of nitrogens with one attached hydrogen (secondary N) is 1. The van der Waals surface area contributed by atoms with Gasteiger partial charge in [-0.15, -0.1) is 0 Å². The lowest BCUT2D eigenvalue weighted by molar-refractivity contribution is -0.171. The molecule has 3 aromatic rings. The molecule has 0 aliphatic rings. The fraction of sp³-hybridized carbons (Fsp3) is 0.458. The normalized spacial score (nSPS) is 13.1. The van der Waals surface area contributed by atoms with Gasteiger partial charge < -0.3 is 24.6 Å². The van der Waals surface area contributed by atoms with E-state index in [1.54, 1.807) is 46.3 Å². The second-order valence-corrected chi connectivity index (χ2v) is 8.43. The highest BCUT2D eigenvalue weighted by molar-refractivity contribution is 5.92. The van der Waals surface area contributed by atoms with Crippen LogP contribution in [0, 0.1) is 6.92 Å². The number of rotatable bonds is 10. The number of aryl methyl sites for hydroxylation is 1. The van der Waals surface area contributed by atoms with E-state index in [0.717, 1.165) is 13.8 Å². The van der Waals surface area contributed by atoms with E-state index in [1.165, 1.54) is 12.1 Å². The fourth-order valence-electron chi connectivity index (χ4n) is 3.33. The lowest BCUT2D eigenvalue weighted by atomic mass is 9.97. The number of ether oxygens (including phenoxy) is 3. The minimum absolute atomic E-state index is 0.330. The zero-order valence-corrected chi connectivity index (χ0v) is 20.1. The predicted molar refractivity (Wildman–Crippen MR) is 125 cm³/mol. The number of aliphatic hydroxyl groups is 1. The van der Waals surface area contributed by atoms with Crippen molar-refractivity contribution in [2.75, 3.05) is 32.8 Å². The Morgan fingerprint density at radius 2 is 1.79 bits per heavy atom. The van der Waals surface area contributed by atoms with Crippen LogP contribution in [0.15, 0.2) is 30.3 Å². The third-order valence-corrected chi connectivity index (χ3v) is 5.30. The molecule has 0 amide bonds. The number of fused-ring (bicyclic) bond motifs is 1. The molecule has 0 fully saturated rings. The summed E-state index contributed by atoms with van der Waals surface area (Å²) in [5, 5.41) is 13.8. The lowest BCUT2D eigenvalue weighted by Crippen LogP contribution is -2.41. The minimum atomic E-state index is -3.52. The molecular weight excluding hydrogens is 446 g/mol. The summed E-state index contributed by atoms with van der Waals surface area (Å²) in [6, 6.07) is 7.38. The number of halogens is 2. The number of pyridine rings is 1. The van der Waals surface area contributed by atoms with Gasteiger partial charge in [0.15, 0.2) is 11.5 Å². The van der Waals surface area contributed by atoms with Crippen molar-refractivity contribution in [3.8, 4) is 11.5 Å². The zero-order chi connectivity index (χ0) is 25.1. The van der Waals surface area contributed by atoms with Gasteiger partial charge in [-0.05, 0) is 45.9 Å². The highest BCUT2D eigenvalue weighted by atomic mass is 19.3. The van der Waals surface area contributed by atoms with Gasteiger partial charge in [-0.25, -0.2) is 15.0 Å². The Labute approximate surface area is 197 Å². The van der Waals surface area contributed by atoms with E-state index >= 15 is 0 Å². The number of hydrogen-bond acceptors (Lipinski definition) is 8. The molecule has 0 aliphatic carbocycles. The predicted octanol–water partition coefficient (Wildman–Crippen LogP) is 4.40. The largest absolute Gasteiger partial charge is 0.493 e. The smallest absolute Gasteiger partial charge is 0.317 e.